The van der Waals surface area contributed by atoms with E-state index in [0.29, 0.717) is 5.56 Å². The van der Waals surface area contributed by atoms with Gasteiger partial charge in [-0.1, -0.05) is 42.0 Å². The van der Waals surface area contributed by atoms with Crippen LogP contribution in [-0.4, -0.2) is 12.2 Å². The number of rotatable bonds is 2. The molecule has 0 atom stereocenters. The number of hydrogen-bond donors (Lipinski definition) is 1. The third kappa shape index (κ3) is 2.88. The summed E-state index contributed by atoms with van der Waals surface area (Å²) in [5.74, 6) is -0.311. The van der Waals surface area contributed by atoms with Crippen LogP contribution in [0.5, 0.6) is 0 Å². The van der Waals surface area contributed by atoms with Crippen molar-refractivity contribution in [2.75, 3.05) is 0 Å². The van der Waals surface area contributed by atoms with E-state index >= 15 is 0 Å². The molecule has 3 nitrogen and oxygen atoms in total. The minimum atomic E-state index is -0.311. The average Bonchev–Trinajstić information content (AvgIpc) is 2.40. The summed E-state index contributed by atoms with van der Waals surface area (Å²) in [5.41, 5.74) is 9.94. The monoisotopic (exact) mass is 252 g/mol. The molecule has 3 heteroatoms. The lowest BCUT2D eigenvalue weighted by Crippen LogP contribution is -2.02. The molecule has 0 saturated heterocycles. The average molecular weight is 252 g/mol. The van der Waals surface area contributed by atoms with Gasteiger partial charge in [0.2, 0.25) is 0 Å². The first kappa shape index (κ1) is 13.0. The second-order valence-electron chi connectivity index (χ2n) is 4.48. The summed E-state index contributed by atoms with van der Waals surface area (Å²) in [6, 6.07) is 14.0. The Balaban J connectivity index is 2.46. The Kier molecular flexibility index (Phi) is 3.76. The van der Waals surface area contributed by atoms with Gasteiger partial charge in [-0.05, 0) is 36.6 Å². The van der Waals surface area contributed by atoms with E-state index in [1.54, 1.807) is 0 Å². The highest BCUT2D eigenvalue weighted by molar-refractivity contribution is 6.00. The topological polar surface area (TPSA) is 55.5 Å². The summed E-state index contributed by atoms with van der Waals surface area (Å²) >= 11 is 0. The fourth-order valence-corrected chi connectivity index (χ4v) is 1.92. The summed E-state index contributed by atoms with van der Waals surface area (Å²) in [4.78, 5) is 15.4. The highest BCUT2D eigenvalue weighted by atomic mass is 16.1. The number of benzene rings is 2. The maximum Gasteiger partial charge on any atom is 0.278 e. The van der Waals surface area contributed by atoms with Gasteiger partial charge < -0.3 is 5.73 Å². The SMILES string of the molecule is Cc1ccc(-c2ccc(C)c(C(=O)N=CN)c2)cc1. The molecule has 0 spiro atoms. The molecular weight excluding hydrogens is 236 g/mol. The van der Waals surface area contributed by atoms with Crippen LogP contribution in [0.1, 0.15) is 21.5 Å². The van der Waals surface area contributed by atoms with Crippen LogP contribution in [0.4, 0.5) is 0 Å². The van der Waals surface area contributed by atoms with Gasteiger partial charge in [0.05, 0.1) is 6.34 Å². The Labute approximate surface area is 112 Å². The second-order valence-corrected chi connectivity index (χ2v) is 4.48. The number of carbonyl (C=O) groups excluding carboxylic acids is 1. The van der Waals surface area contributed by atoms with Gasteiger partial charge in [-0.15, -0.1) is 0 Å². The quantitative estimate of drug-likeness (QED) is 0.659. The lowest BCUT2D eigenvalue weighted by molar-refractivity contribution is 0.100. The molecule has 0 aliphatic rings. The molecule has 0 heterocycles. The molecule has 0 fully saturated rings. The van der Waals surface area contributed by atoms with Crippen molar-refractivity contribution < 1.29 is 4.79 Å². The van der Waals surface area contributed by atoms with E-state index in [-0.39, 0.29) is 5.91 Å². The van der Waals surface area contributed by atoms with Gasteiger partial charge in [0.1, 0.15) is 0 Å². The zero-order valence-electron chi connectivity index (χ0n) is 11.1. The molecule has 0 saturated carbocycles. The lowest BCUT2D eigenvalue weighted by Gasteiger charge is -2.07. The number of amides is 1. The first-order chi connectivity index (χ1) is 9.11. The minimum Gasteiger partial charge on any atom is -0.390 e. The van der Waals surface area contributed by atoms with Gasteiger partial charge in [0, 0.05) is 5.56 Å². The molecule has 0 bridgehead atoms. The van der Waals surface area contributed by atoms with Gasteiger partial charge in [0.15, 0.2) is 0 Å². The first-order valence-corrected chi connectivity index (χ1v) is 6.08. The van der Waals surface area contributed by atoms with E-state index < -0.39 is 0 Å². The summed E-state index contributed by atoms with van der Waals surface area (Å²) in [6.07, 6.45) is 1.03. The van der Waals surface area contributed by atoms with E-state index in [2.05, 4.69) is 17.1 Å². The van der Waals surface area contributed by atoms with Crippen LogP contribution in [0.3, 0.4) is 0 Å². The second kappa shape index (κ2) is 5.48. The van der Waals surface area contributed by atoms with Gasteiger partial charge in [-0.3, -0.25) is 4.79 Å². The molecule has 2 aromatic rings. The van der Waals surface area contributed by atoms with E-state index in [1.807, 2.05) is 44.2 Å². The third-order valence-electron chi connectivity index (χ3n) is 3.04. The fraction of sp³-hybridized carbons (Fsp3) is 0.125. The zero-order chi connectivity index (χ0) is 13.8. The number of aryl methyl sites for hydroxylation is 2. The molecule has 0 aromatic heterocycles. The third-order valence-corrected chi connectivity index (χ3v) is 3.04. The lowest BCUT2D eigenvalue weighted by atomic mass is 9.99. The molecular formula is C16H16N2O. The Hall–Kier alpha value is -2.42. The predicted molar refractivity (Wildman–Crippen MR) is 78.4 cm³/mol. The van der Waals surface area contributed by atoms with Crippen LogP contribution >= 0.6 is 0 Å². The summed E-state index contributed by atoms with van der Waals surface area (Å²) < 4.78 is 0. The number of nitrogens with zero attached hydrogens (tertiary/aromatic N) is 1. The molecule has 96 valence electrons. The van der Waals surface area contributed by atoms with Crippen molar-refractivity contribution in [2.45, 2.75) is 13.8 Å². The highest BCUT2D eigenvalue weighted by Gasteiger charge is 2.09. The largest absolute Gasteiger partial charge is 0.390 e. The van der Waals surface area contributed by atoms with Gasteiger partial charge in [-0.25, -0.2) is 0 Å². The highest BCUT2D eigenvalue weighted by Crippen LogP contribution is 2.23. The van der Waals surface area contributed by atoms with Crippen molar-refractivity contribution in [3.05, 3.63) is 59.2 Å². The Morgan fingerprint density at radius 3 is 2.32 bits per heavy atom. The molecule has 2 rings (SSSR count). The Bertz CT molecular complexity index is 628. The van der Waals surface area contributed by atoms with E-state index in [4.69, 9.17) is 5.73 Å². The molecule has 0 aliphatic heterocycles. The normalized spacial score (nSPS) is 10.8. The number of aliphatic imine (C=N–C) groups is 1. The van der Waals surface area contributed by atoms with Gasteiger partial charge >= 0.3 is 0 Å². The summed E-state index contributed by atoms with van der Waals surface area (Å²) in [7, 11) is 0. The van der Waals surface area contributed by atoms with E-state index in [9.17, 15) is 4.79 Å². The van der Waals surface area contributed by atoms with Crippen LogP contribution in [0.2, 0.25) is 0 Å². The molecule has 0 unspecified atom stereocenters. The minimum absolute atomic E-state index is 0.311. The molecule has 0 radical (unpaired) electrons. The Morgan fingerprint density at radius 2 is 1.68 bits per heavy atom. The van der Waals surface area contributed by atoms with Crippen molar-refractivity contribution in [2.24, 2.45) is 10.7 Å². The van der Waals surface area contributed by atoms with Crippen LogP contribution in [0, 0.1) is 13.8 Å². The van der Waals surface area contributed by atoms with Gasteiger partial charge in [-0.2, -0.15) is 4.99 Å². The number of hydrogen-bond acceptors (Lipinski definition) is 1. The number of nitrogens with two attached hydrogens (primary N) is 1. The molecule has 19 heavy (non-hydrogen) atoms. The Morgan fingerprint density at radius 1 is 1.05 bits per heavy atom. The number of carbonyl (C=O) groups is 1. The van der Waals surface area contributed by atoms with Crippen LogP contribution in [-0.2, 0) is 0 Å². The summed E-state index contributed by atoms with van der Waals surface area (Å²) in [6.45, 7) is 3.93. The van der Waals surface area contributed by atoms with Crippen LogP contribution < -0.4 is 5.73 Å². The summed E-state index contributed by atoms with van der Waals surface area (Å²) in [5, 5.41) is 0. The van der Waals surface area contributed by atoms with Crippen molar-refractivity contribution in [1.29, 1.82) is 0 Å². The van der Waals surface area contributed by atoms with E-state index in [1.165, 1.54) is 5.56 Å². The standard InChI is InChI=1S/C16H16N2O/c1-11-3-6-13(7-4-11)14-8-5-12(2)15(9-14)16(19)18-10-17/h3-10H,1-2H3,(H2,17,18,19). The van der Waals surface area contributed by atoms with Crippen molar-refractivity contribution in [3.8, 4) is 11.1 Å². The van der Waals surface area contributed by atoms with E-state index in [0.717, 1.165) is 23.0 Å². The molecule has 2 N–H and O–H groups in total. The first-order valence-electron chi connectivity index (χ1n) is 6.08. The van der Waals surface area contributed by atoms with Crippen molar-refractivity contribution in [3.63, 3.8) is 0 Å². The smallest absolute Gasteiger partial charge is 0.278 e. The fourth-order valence-electron chi connectivity index (χ4n) is 1.92. The van der Waals surface area contributed by atoms with Crippen LogP contribution in [0.25, 0.3) is 11.1 Å². The van der Waals surface area contributed by atoms with Crippen LogP contribution in [0.15, 0.2) is 47.5 Å². The molecule has 0 aliphatic carbocycles. The van der Waals surface area contributed by atoms with Crippen molar-refractivity contribution in [1.82, 2.24) is 0 Å². The zero-order valence-corrected chi connectivity index (χ0v) is 11.1. The molecule has 2 aromatic carbocycles. The predicted octanol–water partition coefficient (Wildman–Crippen LogP) is 3.10. The maximum absolute atomic E-state index is 11.8. The maximum atomic E-state index is 11.8. The van der Waals surface area contributed by atoms with Gasteiger partial charge in [0.25, 0.3) is 5.91 Å². The molecule has 1 amide bonds. The van der Waals surface area contributed by atoms with Crippen molar-refractivity contribution >= 4 is 12.2 Å².